The van der Waals surface area contributed by atoms with Gasteiger partial charge in [0.05, 0.1) is 32.5 Å². The van der Waals surface area contributed by atoms with E-state index in [0.29, 0.717) is 25.5 Å². The summed E-state index contributed by atoms with van der Waals surface area (Å²) < 4.78 is 16.7. The van der Waals surface area contributed by atoms with E-state index in [1.807, 2.05) is 25.1 Å². The van der Waals surface area contributed by atoms with Gasteiger partial charge >= 0.3 is 5.97 Å². The number of benzene rings is 2. The maximum atomic E-state index is 11.9. The van der Waals surface area contributed by atoms with Crippen molar-refractivity contribution in [1.29, 1.82) is 0 Å². The Morgan fingerprint density at radius 2 is 1.83 bits per heavy atom. The molecule has 2 N–H and O–H groups in total. The lowest BCUT2D eigenvalue weighted by molar-refractivity contribution is -0.143. The Morgan fingerprint density at radius 1 is 1.14 bits per heavy atom. The van der Waals surface area contributed by atoms with E-state index in [-0.39, 0.29) is 30.6 Å². The number of nitrogens with one attached hydrogen (secondary N) is 1. The molecule has 0 bridgehead atoms. The van der Waals surface area contributed by atoms with Crippen LogP contribution >= 0.6 is 0 Å². The van der Waals surface area contributed by atoms with Crippen LogP contribution in [0.15, 0.2) is 42.5 Å². The SMILES string of the molecule is CCOC(=O)CCc1c(OC)cccc1[C@@H](C)OC[C@H](O)CNC(C)(C)CC1Cc2ccccc2C1. The maximum absolute atomic E-state index is 11.9. The number of esters is 1. The van der Waals surface area contributed by atoms with Crippen molar-refractivity contribution < 1.29 is 24.1 Å². The molecule has 0 amide bonds. The molecule has 0 saturated carbocycles. The first-order valence-corrected chi connectivity index (χ1v) is 13.1. The number of aliphatic hydroxyl groups excluding tert-OH is 1. The number of rotatable bonds is 14. The highest BCUT2D eigenvalue weighted by Crippen LogP contribution is 2.32. The summed E-state index contributed by atoms with van der Waals surface area (Å²) in [5.41, 5.74) is 4.76. The van der Waals surface area contributed by atoms with Crippen molar-refractivity contribution in [2.45, 2.75) is 77.5 Å². The average molecular weight is 498 g/mol. The fourth-order valence-corrected chi connectivity index (χ4v) is 5.27. The molecule has 0 heterocycles. The van der Waals surface area contributed by atoms with Gasteiger partial charge in [-0.25, -0.2) is 0 Å². The van der Waals surface area contributed by atoms with Crippen molar-refractivity contribution in [1.82, 2.24) is 5.32 Å². The first-order valence-electron chi connectivity index (χ1n) is 13.1. The molecule has 6 nitrogen and oxygen atoms in total. The monoisotopic (exact) mass is 497 g/mol. The van der Waals surface area contributed by atoms with Crippen LogP contribution < -0.4 is 10.1 Å². The zero-order chi connectivity index (χ0) is 26.1. The molecule has 0 aromatic heterocycles. The molecule has 2 aromatic rings. The molecule has 2 atom stereocenters. The minimum absolute atomic E-state index is 0.0770. The normalized spacial score (nSPS) is 15.4. The minimum Gasteiger partial charge on any atom is -0.496 e. The van der Waals surface area contributed by atoms with E-state index in [0.717, 1.165) is 36.1 Å². The van der Waals surface area contributed by atoms with Crippen molar-refractivity contribution >= 4 is 5.97 Å². The van der Waals surface area contributed by atoms with Gasteiger partial charge < -0.3 is 24.6 Å². The minimum atomic E-state index is -0.624. The van der Waals surface area contributed by atoms with E-state index in [1.165, 1.54) is 11.1 Å². The summed E-state index contributed by atoms with van der Waals surface area (Å²) in [5, 5.41) is 14.2. The van der Waals surface area contributed by atoms with Crippen molar-refractivity contribution in [3.05, 3.63) is 64.7 Å². The third-order valence-corrected chi connectivity index (χ3v) is 7.00. The fraction of sp³-hybridized carbons (Fsp3) is 0.567. The third kappa shape index (κ3) is 8.05. The highest BCUT2D eigenvalue weighted by molar-refractivity contribution is 5.70. The van der Waals surface area contributed by atoms with Crippen LogP contribution in [0.5, 0.6) is 5.75 Å². The molecule has 0 spiro atoms. The second-order valence-electron chi connectivity index (χ2n) is 10.5. The van der Waals surface area contributed by atoms with Crippen LogP contribution in [0.1, 0.15) is 68.9 Å². The second-order valence-corrected chi connectivity index (χ2v) is 10.5. The Kier molecular flexibility index (Phi) is 10.3. The van der Waals surface area contributed by atoms with E-state index in [2.05, 4.69) is 43.4 Å². The molecular formula is C30H43NO5. The number of hydrogen-bond donors (Lipinski definition) is 2. The number of carbonyl (C=O) groups excluding carboxylic acids is 1. The molecule has 2 aromatic carbocycles. The van der Waals surface area contributed by atoms with Gasteiger partial charge in [0.2, 0.25) is 0 Å². The predicted octanol–water partition coefficient (Wildman–Crippen LogP) is 4.80. The maximum Gasteiger partial charge on any atom is 0.306 e. The number of ether oxygens (including phenoxy) is 3. The Labute approximate surface area is 216 Å². The summed E-state index contributed by atoms with van der Waals surface area (Å²) in [6, 6.07) is 14.5. The first-order chi connectivity index (χ1) is 17.2. The molecule has 6 heteroatoms. The first kappa shape index (κ1) is 28.2. The molecule has 3 rings (SSSR count). The van der Waals surface area contributed by atoms with Crippen LogP contribution in [0.3, 0.4) is 0 Å². The van der Waals surface area contributed by atoms with Gasteiger partial charge in [0.1, 0.15) is 5.75 Å². The standard InChI is InChI=1S/C30H43NO5/c1-6-35-29(33)15-14-27-26(12-9-13-28(27)34-5)21(2)36-20-25(32)19-31-30(3,4)18-22-16-23-10-7-8-11-24(23)17-22/h7-13,21-22,25,31-32H,6,14-20H2,1-5H3/t21-,25-/m1/s1. The Bertz CT molecular complexity index is 964. The summed E-state index contributed by atoms with van der Waals surface area (Å²) in [7, 11) is 1.62. The summed E-state index contributed by atoms with van der Waals surface area (Å²) in [6.45, 7) is 9.23. The molecule has 0 unspecified atom stereocenters. The topological polar surface area (TPSA) is 77.0 Å². The number of carbonyl (C=O) groups is 1. The van der Waals surface area contributed by atoms with E-state index in [1.54, 1.807) is 14.0 Å². The Hall–Kier alpha value is -2.41. The lowest BCUT2D eigenvalue weighted by Gasteiger charge is -2.31. The molecule has 1 aliphatic rings. The molecule has 0 radical (unpaired) electrons. The average Bonchev–Trinajstić information content (AvgIpc) is 3.26. The van der Waals surface area contributed by atoms with Crippen molar-refractivity contribution in [2.24, 2.45) is 5.92 Å². The number of fused-ring (bicyclic) bond motifs is 1. The summed E-state index contributed by atoms with van der Waals surface area (Å²) in [6.07, 6.45) is 3.22. The van der Waals surface area contributed by atoms with E-state index in [4.69, 9.17) is 14.2 Å². The molecule has 36 heavy (non-hydrogen) atoms. The van der Waals surface area contributed by atoms with E-state index >= 15 is 0 Å². The van der Waals surface area contributed by atoms with Crippen LogP contribution in [0.4, 0.5) is 0 Å². The Morgan fingerprint density at radius 3 is 2.47 bits per heavy atom. The summed E-state index contributed by atoms with van der Waals surface area (Å²) in [5.74, 6) is 1.12. The smallest absolute Gasteiger partial charge is 0.306 e. The number of hydrogen-bond acceptors (Lipinski definition) is 6. The predicted molar refractivity (Wildman–Crippen MR) is 142 cm³/mol. The van der Waals surface area contributed by atoms with Crippen molar-refractivity contribution in [3.8, 4) is 5.75 Å². The van der Waals surface area contributed by atoms with Crippen LogP contribution in [0.25, 0.3) is 0 Å². The van der Waals surface area contributed by atoms with Crippen LogP contribution in [-0.2, 0) is 33.5 Å². The molecule has 198 valence electrons. The van der Waals surface area contributed by atoms with Gasteiger partial charge in [-0.2, -0.15) is 0 Å². The third-order valence-electron chi connectivity index (χ3n) is 7.00. The molecule has 0 fully saturated rings. The van der Waals surface area contributed by atoms with E-state index in [9.17, 15) is 9.90 Å². The van der Waals surface area contributed by atoms with Gasteiger partial charge in [-0.15, -0.1) is 0 Å². The fourth-order valence-electron chi connectivity index (χ4n) is 5.27. The summed E-state index contributed by atoms with van der Waals surface area (Å²) >= 11 is 0. The van der Waals surface area contributed by atoms with Gasteiger partial charge in [0, 0.05) is 24.1 Å². The Balaban J connectivity index is 1.48. The molecular weight excluding hydrogens is 454 g/mol. The zero-order valence-electron chi connectivity index (χ0n) is 22.5. The number of methoxy groups -OCH3 is 1. The van der Waals surface area contributed by atoms with Crippen LogP contribution in [-0.4, -0.2) is 49.6 Å². The second kappa shape index (κ2) is 13.2. The quantitative estimate of drug-likeness (QED) is 0.365. The van der Waals surface area contributed by atoms with Gasteiger partial charge in [0.15, 0.2) is 0 Å². The zero-order valence-corrected chi connectivity index (χ0v) is 22.5. The van der Waals surface area contributed by atoms with Gasteiger partial charge in [0.25, 0.3) is 0 Å². The lowest BCUT2D eigenvalue weighted by atomic mass is 9.88. The molecule has 0 saturated heterocycles. The van der Waals surface area contributed by atoms with Crippen LogP contribution in [0, 0.1) is 5.92 Å². The summed E-state index contributed by atoms with van der Waals surface area (Å²) in [4.78, 5) is 11.9. The lowest BCUT2D eigenvalue weighted by Crippen LogP contribution is -2.45. The van der Waals surface area contributed by atoms with Gasteiger partial charge in [-0.1, -0.05) is 36.4 Å². The van der Waals surface area contributed by atoms with Gasteiger partial charge in [-0.05, 0) is 82.1 Å². The van der Waals surface area contributed by atoms with Crippen LogP contribution in [0.2, 0.25) is 0 Å². The number of β-amino-alcohol motifs (C(OH)–C–C–N with tert-alkyl or cyclic N) is 1. The van der Waals surface area contributed by atoms with Crippen molar-refractivity contribution in [3.63, 3.8) is 0 Å². The highest BCUT2D eigenvalue weighted by Gasteiger charge is 2.28. The largest absolute Gasteiger partial charge is 0.496 e. The molecule has 1 aliphatic carbocycles. The molecule has 0 aliphatic heterocycles. The van der Waals surface area contributed by atoms with Crippen molar-refractivity contribution in [2.75, 3.05) is 26.9 Å². The van der Waals surface area contributed by atoms with E-state index < -0.39 is 6.10 Å². The number of aliphatic hydroxyl groups is 1. The highest BCUT2D eigenvalue weighted by atomic mass is 16.5. The van der Waals surface area contributed by atoms with Gasteiger partial charge in [-0.3, -0.25) is 4.79 Å².